The summed E-state index contributed by atoms with van der Waals surface area (Å²) in [5.74, 6) is 0.486. The predicted molar refractivity (Wildman–Crippen MR) is 135 cm³/mol. The van der Waals surface area contributed by atoms with Crippen LogP contribution < -0.4 is 16.4 Å². The molecule has 0 saturated carbocycles. The van der Waals surface area contributed by atoms with Crippen molar-refractivity contribution < 1.29 is 9.72 Å². The van der Waals surface area contributed by atoms with Gasteiger partial charge in [-0.3, -0.25) is 14.9 Å². The molecule has 1 aliphatic rings. The summed E-state index contributed by atoms with van der Waals surface area (Å²) in [5, 5.41) is 17.6. The number of carbonyl (C=O) groups is 1. The van der Waals surface area contributed by atoms with Crippen LogP contribution in [0.4, 0.5) is 17.1 Å². The number of anilines is 2. The van der Waals surface area contributed by atoms with Gasteiger partial charge in [0.15, 0.2) is 0 Å². The number of nitrogens with one attached hydrogen (secondary N) is 2. The summed E-state index contributed by atoms with van der Waals surface area (Å²) >= 11 is 0. The zero-order valence-corrected chi connectivity index (χ0v) is 18.9. The molecule has 2 heterocycles. The molecule has 174 valence electrons. The van der Waals surface area contributed by atoms with E-state index >= 15 is 0 Å². The number of nitrogens with two attached hydrogens (primary N) is 1. The van der Waals surface area contributed by atoms with Crippen molar-refractivity contribution in [1.29, 1.82) is 0 Å². The van der Waals surface area contributed by atoms with Crippen LogP contribution >= 0.6 is 0 Å². The van der Waals surface area contributed by atoms with Gasteiger partial charge in [0.05, 0.1) is 16.2 Å². The van der Waals surface area contributed by atoms with Crippen LogP contribution in [0, 0.1) is 10.1 Å². The molecule has 5 rings (SSSR count). The molecule has 4 aromatic rings. The van der Waals surface area contributed by atoms with Gasteiger partial charge in [0.1, 0.15) is 5.82 Å². The van der Waals surface area contributed by atoms with Crippen LogP contribution in [0.5, 0.6) is 0 Å². The quantitative estimate of drug-likeness (QED) is 0.220. The molecule has 0 atom stereocenters. The summed E-state index contributed by atoms with van der Waals surface area (Å²) in [6.07, 6.45) is 3.62. The van der Waals surface area contributed by atoms with Gasteiger partial charge >= 0.3 is 0 Å². The van der Waals surface area contributed by atoms with E-state index in [1.54, 1.807) is 12.3 Å². The Bertz CT molecular complexity index is 1490. The number of carbonyl (C=O) groups excluding carboxylic acids is 1. The monoisotopic (exact) mass is 466 g/mol. The van der Waals surface area contributed by atoms with E-state index in [2.05, 4.69) is 15.6 Å². The highest BCUT2D eigenvalue weighted by atomic mass is 16.6. The molecule has 0 radical (unpaired) electrons. The molecule has 0 aliphatic carbocycles. The van der Waals surface area contributed by atoms with Crippen LogP contribution in [0.2, 0.25) is 0 Å². The number of nitrogens with zero attached hydrogens (tertiary/aromatic N) is 3. The lowest BCUT2D eigenvalue weighted by atomic mass is 9.96. The number of nitro benzene ring substituents is 1. The molecule has 0 saturated heterocycles. The first-order valence-electron chi connectivity index (χ1n) is 10.9. The van der Waals surface area contributed by atoms with E-state index in [-0.39, 0.29) is 18.1 Å². The highest BCUT2D eigenvalue weighted by molar-refractivity contribution is 6.37. The zero-order chi connectivity index (χ0) is 24.5. The second-order valence-electron chi connectivity index (χ2n) is 8.12. The predicted octanol–water partition coefficient (Wildman–Crippen LogP) is 4.39. The zero-order valence-electron chi connectivity index (χ0n) is 18.9. The fraction of sp³-hybridized carbons (Fsp3) is 0.0769. The van der Waals surface area contributed by atoms with Crippen molar-refractivity contribution >= 4 is 34.2 Å². The molecule has 0 unspecified atom stereocenters. The third kappa shape index (κ3) is 4.04. The summed E-state index contributed by atoms with van der Waals surface area (Å²) in [6, 6.07) is 19.5. The Kier molecular flexibility index (Phi) is 5.60. The first kappa shape index (κ1) is 22.1. The van der Waals surface area contributed by atoms with Crippen molar-refractivity contribution in [2.75, 3.05) is 10.6 Å². The number of amides is 1. The summed E-state index contributed by atoms with van der Waals surface area (Å²) in [6.45, 7) is 0.260. The van der Waals surface area contributed by atoms with Crippen LogP contribution in [-0.4, -0.2) is 20.4 Å². The van der Waals surface area contributed by atoms with Crippen LogP contribution in [0.1, 0.15) is 16.7 Å². The highest BCUT2D eigenvalue weighted by Crippen LogP contribution is 2.40. The first-order chi connectivity index (χ1) is 17.0. The number of rotatable bonds is 6. The molecule has 0 spiro atoms. The van der Waals surface area contributed by atoms with E-state index in [1.165, 1.54) is 12.1 Å². The average molecular weight is 467 g/mol. The average Bonchev–Trinajstić information content (AvgIpc) is 3.44. The second kappa shape index (κ2) is 8.88. The van der Waals surface area contributed by atoms with E-state index < -0.39 is 4.92 Å². The van der Waals surface area contributed by atoms with Crippen LogP contribution in [0.25, 0.3) is 22.7 Å². The van der Waals surface area contributed by atoms with Crippen LogP contribution in [0.15, 0.2) is 79.1 Å². The molecule has 1 aliphatic heterocycles. The Balaban J connectivity index is 1.65. The van der Waals surface area contributed by atoms with Gasteiger partial charge in [-0.1, -0.05) is 24.3 Å². The SMILES string of the molecule is Cn1ccnc1-c1ccc(NC(=C2C(=O)Nc3ccc([N+](=O)[O-])cc32)c2ccccc2CN)cc1. The van der Waals surface area contributed by atoms with Gasteiger partial charge in [-0.2, -0.15) is 0 Å². The maximum atomic E-state index is 13.1. The third-order valence-electron chi connectivity index (χ3n) is 5.95. The van der Waals surface area contributed by atoms with Crippen molar-refractivity contribution in [3.05, 3.63) is 106 Å². The van der Waals surface area contributed by atoms with Crippen molar-refractivity contribution in [3.63, 3.8) is 0 Å². The number of fused-ring (bicyclic) bond motifs is 1. The van der Waals surface area contributed by atoms with Gasteiger partial charge < -0.3 is 20.9 Å². The smallest absolute Gasteiger partial charge is 0.270 e. The number of hydrogen-bond acceptors (Lipinski definition) is 6. The molecule has 4 N–H and O–H groups in total. The minimum atomic E-state index is -0.474. The maximum Gasteiger partial charge on any atom is 0.270 e. The number of non-ortho nitro benzene ring substituents is 1. The lowest BCUT2D eigenvalue weighted by Gasteiger charge is -2.17. The third-order valence-corrected chi connectivity index (χ3v) is 5.95. The minimum Gasteiger partial charge on any atom is -0.354 e. The molecule has 9 nitrogen and oxygen atoms in total. The van der Waals surface area contributed by atoms with Crippen LogP contribution in [0.3, 0.4) is 0 Å². The largest absolute Gasteiger partial charge is 0.354 e. The molecule has 35 heavy (non-hydrogen) atoms. The highest BCUT2D eigenvalue weighted by Gasteiger charge is 2.30. The van der Waals surface area contributed by atoms with Crippen LogP contribution in [-0.2, 0) is 18.4 Å². The van der Waals surface area contributed by atoms with E-state index in [1.807, 2.05) is 66.3 Å². The molecule has 1 amide bonds. The summed E-state index contributed by atoms with van der Waals surface area (Å²) in [4.78, 5) is 28.5. The van der Waals surface area contributed by atoms with Crippen molar-refractivity contribution in [2.45, 2.75) is 6.54 Å². The summed E-state index contributed by atoms with van der Waals surface area (Å²) in [5.41, 5.74) is 11.0. The van der Waals surface area contributed by atoms with Crippen molar-refractivity contribution in [1.82, 2.24) is 9.55 Å². The van der Waals surface area contributed by atoms with Gasteiger partial charge in [-0.25, -0.2) is 4.98 Å². The molecule has 3 aromatic carbocycles. The molecule has 0 fully saturated rings. The Hall–Kier alpha value is -4.76. The molecule has 1 aromatic heterocycles. The van der Waals surface area contributed by atoms with Gasteiger partial charge in [-0.05, 0) is 35.9 Å². The Morgan fingerprint density at radius 3 is 2.60 bits per heavy atom. The topological polar surface area (TPSA) is 128 Å². The Labute approximate surface area is 201 Å². The van der Waals surface area contributed by atoms with E-state index in [9.17, 15) is 14.9 Å². The van der Waals surface area contributed by atoms with Crippen molar-refractivity contribution in [2.24, 2.45) is 12.8 Å². The van der Waals surface area contributed by atoms with Gasteiger partial charge in [0.25, 0.3) is 11.6 Å². The van der Waals surface area contributed by atoms with E-state index in [0.29, 0.717) is 22.5 Å². The molecular weight excluding hydrogens is 444 g/mol. The fourth-order valence-electron chi connectivity index (χ4n) is 4.21. The Morgan fingerprint density at radius 2 is 1.91 bits per heavy atom. The van der Waals surface area contributed by atoms with Gasteiger partial charge in [0.2, 0.25) is 0 Å². The molecular formula is C26H22N6O3. The number of imidazole rings is 1. The van der Waals surface area contributed by atoms with E-state index in [4.69, 9.17) is 5.73 Å². The minimum absolute atomic E-state index is 0.0939. The first-order valence-corrected chi connectivity index (χ1v) is 10.9. The van der Waals surface area contributed by atoms with E-state index in [0.717, 1.165) is 28.2 Å². The second-order valence-corrected chi connectivity index (χ2v) is 8.12. The van der Waals surface area contributed by atoms with Gasteiger partial charge in [-0.15, -0.1) is 0 Å². The number of benzene rings is 3. The van der Waals surface area contributed by atoms with Gasteiger partial charge in [0, 0.05) is 66.2 Å². The number of nitro groups is 1. The Morgan fingerprint density at radius 1 is 1.14 bits per heavy atom. The lowest BCUT2D eigenvalue weighted by molar-refractivity contribution is -0.384. The number of aryl methyl sites for hydroxylation is 1. The van der Waals surface area contributed by atoms with Crippen molar-refractivity contribution in [3.8, 4) is 11.4 Å². The standard InChI is InChI=1S/C26H22N6O3/c1-31-13-12-28-25(31)16-6-8-18(9-7-16)29-24(20-5-3-2-4-17(20)15-27)23-21-14-19(32(34)35)10-11-22(21)30-26(23)33/h2-14,29H,15,27H2,1H3,(H,30,33). The summed E-state index contributed by atoms with van der Waals surface area (Å²) < 4.78 is 1.93. The molecule has 0 bridgehead atoms. The normalized spacial score (nSPS) is 13.8. The maximum absolute atomic E-state index is 13.1. The molecule has 9 heteroatoms. The number of aromatic nitrogens is 2. The summed E-state index contributed by atoms with van der Waals surface area (Å²) in [7, 11) is 1.93. The fourth-order valence-corrected chi connectivity index (χ4v) is 4.21. The lowest BCUT2D eigenvalue weighted by Crippen LogP contribution is -2.12. The number of hydrogen-bond donors (Lipinski definition) is 3.